The molecule has 0 radical (unpaired) electrons. The van der Waals surface area contributed by atoms with Crippen molar-refractivity contribution in [2.45, 2.75) is 13.7 Å². The standard InChI is InChI=1S/C56H40N4O2/c1-36-21-28-51-49(29-36)48-27-26-45-33-54(48)60(51)55-30-37(2)50(34-57-55)40-13-8-15-43(31-40)61-42-24-22-39(23-25-42)47-18-10-17-46(38-11-4-3-5-12-38)56(47)59-35-58(52-19-6-7-20-53(52)59)41-14-9-16-44(32-41)62-45/h3-34H,35H2,1-2H3/i1D3,2D3. The lowest BCUT2D eigenvalue weighted by molar-refractivity contribution is 0.483. The average Bonchev–Trinajstić information content (AvgIpc) is 3.89. The third-order valence-corrected chi connectivity index (χ3v) is 11.9. The quantitative estimate of drug-likeness (QED) is 0.165. The number of hydrogen-bond donors (Lipinski definition) is 0. The van der Waals surface area contributed by atoms with Crippen molar-refractivity contribution in [3.05, 3.63) is 205 Å². The monoisotopic (exact) mass is 806 g/mol. The molecular weight excluding hydrogens is 761 g/mol. The summed E-state index contributed by atoms with van der Waals surface area (Å²) in [6.07, 6.45) is 1.59. The van der Waals surface area contributed by atoms with Crippen LogP contribution in [-0.4, -0.2) is 16.2 Å². The van der Waals surface area contributed by atoms with Gasteiger partial charge in [-0.25, -0.2) is 4.98 Å². The van der Waals surface area contributed by atoms with Crippen molar-refractivity contribution in [3.8, 4) is 62.2 Å². The summed E-state index contributed by atoms with van der Waals surface area (Å²) in [4.78, 5) is 9.60. The number of aryl methyl sites for hydroxylation is 2. The van der Waals surface area contributed by atoms with Gasteiger partial charge in [-0.3, -0.25) is 4.57 Å². The molecular formula is C56H40N4O2. The van der Waals surface area contributed by atoms with Crippen LogP contribution < -0.4 is 19.3 Å². The lowest BCUT2D eigenvalue weighted by atomic mass is 9.95. The summed E-state index contributed by atoms with van der Waals surface area (Å²) in [6.45, 7) is -4.35. The lowest BCUT2D eigenvalue weighted by Crippen LogP contribution is -2.24. The molecule has 0 saturated heterocycles. The van der Waals surface area contributed by atoms with Gasteiger partial charge >= 0.3 is 0 Å². The summed E-state index contributed by atoms with van der Waals surface area (Å²) in [5, 5.41) is 1.44. The molecule has 0 N–H and O–H groups in total. The Hall–Kier alpha value is -8.09. The summed E-state index contributed by atoms with van der Waals surface area (Å²) in [6, 6.07) is 61.1. The largest absolute Gasteiger partial charge is 0.457 e. The van der Waals surface area contributed by atoms with E-state index in [1.807, 2.05) is 83.4 Å². The first-order chi connectivity index (χ1) is 32.9. The Morgan fingerprint density at radius 1 is 0.484 bits per heavy atom. The normalized spacial score (nSPS) is 14.6. The van der Waals surface area contributed by atoms with E-state index in [4.69, 9.17) is 22.7 Å². The Balaban J connectivity index is 1.08. The van der Waals surface area contributed by atoms with Crippen molar-refractivity contribution in [2.24, 2.45) is 0 Å². The lowest BCUT2D eigenvalue weighted by Gasteiger charge is -2.27. The number of para-hydroxylation sites is 3. The van der Waals surface area contributed by atoms with E-state index in [9.17, 15) is 0 Å². The number of hydrogen-bond acceptors (Lipinski definition) is 5. The number of ether oxygens (including phenoxy) is 2. The fourth-order valence-corrected chi connectivity index (χ4v) is 9.07. The van der Waals surface area contributed by atoms with Gasteiger partial charge in [-0.15, -0.1) is 0 Å². The fourth-order valence-electron chi connectivity index (χ4n) is 9.07. The number of pyridine rings is 1. The highest BCUT2D eigenvalue weighted by Gasteiger charge is 2.31. The highest BCUT2D eigenvalue weighted by Crippen LogP contribution is 2.50. The van der Waals surface area contributed by atoms with Gasteiger partial charge in [0.1, 0.15) is 35.5 Å². The zero-order valence-electron chi connectivity index (χ0n) is 39.3. The van der Waals surface area contributed by atoms with Gasteiger partial charge in [0, 0.05) is 59.7 Å². The molecule has 0 aliphatic carbocycles. The summed E-state index contributed by atoms with van der Waals surface area (Å²) in [5.74, 6) is 2.64. The van der Waals surface area contributed by atoms with Gasteiger partial charge in [0.05, 0.1) is 28.1 Å². The topological polar surface area (TPSA) is 42.8 Å². The molecule has 12 bridgehead atoms. The molecule has 0 atom stereocenters. The van der Waals surface area contributed by atoms with E-state index in [0.29, 0.717) is 63.0 Å². The Labute approximate surface area is 368 Å². The van der Waals surface area contributed by atoms with Crippen LogP contribution in [0.5, 0.6) is 23.0 Å². The van der Waals surface area contributed by atoms with Crippen LogP contribution in [0.15, 0.2) is 194 Å². The minimum atomic E-state index is -2.53. The second kappa shape index (κ2) is 14.3. The van der Waals surface area contributed by atoms with E-state index in [1.54, 1.807) is 30.5 Å². The Morgan fingerprint density at radius 2 is 1.18 bits per heavy atom. The smallest absolute Gasteiger partial charge is 0.137 e. The molecule has 0 fully saturated rings. The molecule has 6 heterocycles. The first kappa shape index (κ1) is 30.0. The molecule has 2 aromatic heterocycles. The molecule has 6 nitrogen and oxygen atoms in total. The highest BCUT2D eigenvalue weighted by molar-refractivity contribution is 6.10. The summed E-state index contributed by atoms with van der Waals surface area (Å²) in [7, 11) is 0. The molecule has 4 aliphatic rings. The number of nitrogens with zero attached hydrogens (tertiary/aromatic N) is 4. The fraction of sp³-hybridized carbons (Fsp3) is 0.0536. The Bertz CT molecular complexity index is 3610. The van der Waals surface area contributed by atoms with Crippen LogP contribution in [0.25, 0.3) is 61.0 Å². The third-order valence-electron chi connectivity index (χ3n) is 11.9. The maximum Gasteiger partial charge on any atom is 0.137 e. The Morgan fingerprint density at radius 3 is 2.00 bits per heavy atom. The minimum Gasteiger partial charge on any atom is -0.457 e. The van der Waals surface area contributed by atoms with Gasteiger partial charge in [-0.1, -0.05) is 103 Å². The van der Waals surface area contributed by atoms with Crippen molar-refractivity contribution in [3.63, 3.8) is 0 Å². The van der Waals surface area contributed by atoms with Crippen LogP contribution in [0, 0.1) is 13.7 Å². The second-order valence-corrected chi connectivity index (χ2v) is 15.6. The van der Waals surface area contributed by atoms with Crippen molar-refractivity contribution >= 4 is 44.6 Å². The van der Waals surface area contributed by atoms with Crippen molar-refractivity contribution in [2.75, 3.05) is 16.5 Å². The van der Waals surface area contributed by atoms with E-state index in [0.717, 1.165) is 50.4 Å². The summed E-state index contributed by atoms with van der Waals surface area (Å²) >= 11 is 0. The second-order valence-electron chi connectivity index (χ2n) is 15.6. The summed E-state index contributed by atoms with van der Waals surface area (Å²) < 4.78 is 65.9. The van der Waals surface area contributed by atoms with Crippen molar-refractivity contribution in [1.29, 1.82) is 0 Å². The molecule has 10 aromatic rings. The van der Waals surface area contributed by atoms with Gasteiger partial charge in [-0.05, 0) is 115 Å². The van der Waals surface area contributed by atoms with Crippen LogP contribution >= 0.6 is 0 Å². The first-order valence-electron chi connectivity index (χ1n) is 23.5. The molecule has 14 rings (SSSR count). The van der Waals surface area contributed by atoms with Gasteiger partial charge in [0.2, 0.25) is 0 Å². The average molecular weight is 807 g/mol. The number of anilines is 4. The van der Waals surface area contributed by atoms with Crippen LogP contribution in [-0.2, 0) is 0 Å². The number of rotatable bonds is 1. The third kappa shape index (κ3) is 5.99. The van der Waals surface area contributed by atoms with E-state index in [1.165, 1.54) is 0 Å². The van der Waals surface area contributed by atoms with E-state index in [-0.39, 0.29) is 11.1 Å². The van der Waals surface area contributed by atoms with E-state index >= 15 is 0 Å². The van der Waals surface area contributed by atoms with E-state index < -0.39 is 13.7 Å². The van der Waals surface area contributed by atoms with Gasteiger partial charge in [0.15, 0.2) is 0 Å². The molecule has 296 valence electrons. The van der Waals surface area contributed by atoms with Crippen LogP contribution in [0.2, 0.25) is 0 Å². The molecule has 8 aromatic carbocycles. The van der Waals surface area contributed by atoms with Gasteiger partial charge in [-0.2, -0.15) is 0 Å². The van der Waals surface area contributed by atoms with Gasteiger partial charge in [0.25, 0.3) is 0 Å². The zero-order valence-corrected chi connectivity index (χ0v) is 33.3. The molecule has 0 saturated carbocycles. The predicted octanol–water partition coefficient (Wildman–Crippen LogP) is 14.9. The SMILES string of the molecule is [2H]C([2H])([2H])c1ccc2c(c1)c1ccc3cc1n2-c1cc(C([2H])([2H])[2H])c(cn1)-c1cccc(c1)Oc1ccc(cc1)-c1cccc(-c2ccccc2)c1N1CN(c2cccc(c2)O3)c2ccccc21. The van der Waals surface area contributed by atoms with Crippen molar-refractivity contribution in [1.82, 2.24) is 9.55 Å². The number of benzene rings is 8. The van der Waals surface area contributed by atoms with Crippen LogP contribution in [0.1, 0.15) is 19.4 Å². The van der Waals surface area contributed by atoms with Crippen LogP contribution in [0.3, 0.4) is 0 Å². The Kier molecular flexibility index (Phi) is 6.91. The molecule has 0 unspecified atom stereocenters. The zero-order chi connectivity index (χ0) is 46.3. The van der Waals surface area contributed by atoms with Gasteiger partial charge < -0.3 is 19.3 Å². The summed E-state index contributed by atoms with van der Waals surface area (Å²) in [5.41, 5.74) is 11.0. The molecule has 4 aliphatic heterocycles. The predicted molar refractivity (Wildman–Crippen MR) is 253 cm³/mol. The molecule has 62 heavy (non-hydrogen) atoms. The molecule has 0 amide bonds. The maximum absolute atomic E-state index is 8.75. The number of aromatic nitrogens is 2. The van der Waals surface area contributed by atoms with Crippen molar-refractivity contribution < 1.29 is 17.7 Å². The first-order valence-corrected chi connectivity index (χ1v) is 20.5. The van der Waals surface area contributed by atoms with E-state index in [2.05, 4.69) is 94.7 Å². The molecule has 0 spiro atoms. The maximum atomic E-state index is 8.75. The molecule has 6 heteroatoms. The number of fused-ring (bicyclic) bond motifs is 5. The minimum absolute atomic E-state index is 0.100. The highest BCUT2D eigenvalue weighted by atomic mass is 16.5. The van der Waals surface area contributed by atoms with Crippen LogP contribution in [0.4, 0.5) is 22.7 Å².